The van der Waals surface area contributed by atoms with Crippen LogP contribution in [0.2, 0.25) is 0 Å². The van der Waals surface area contributed by atoms with Gasteiger partial charge in [-0.15, -0.1) is 0 Å². The van der Waals surface area contributed by atoms with E-state index in [-0.39, 0.29) is 5.78 Å². The van der Waals surface area contributed by atoms with Crippen LogP contribution in [0.4, 0.5) is 0 Å². The van der Waals surface area contributed by atoms with Gasteiger partial charge in [0.05, 0.1) is 7.11 Å². The van der Waals surface area contributed by atoms with E-state index < -0.39 is 0 Å². The van der Waals surface area contributed by atoms with E-state index in [9.17, 15) is 4.79 Å². The number of methoxy groups -OCH3 is 1. The second-order valence-corrected chi connectivity index (χ2v) is 3.40. The molecule has 0 amide bonds. The SMILES string of the molecule is COc1cc(C)c2c(c1)CCC2=O. The molecule has 0 aliphatic heterocycles. The molecule has 68 valence electrons. The Kier molecular flexibility index (Phi) is 1.83. The van der Waals surface area contributed by atoms with Crippen molar-refractivity contribution in [3.63, 3.8) is 0 Å². The normalized spacial score (nSPS) is 14.5. The number of Topliss-reactive ketones (excluding diaryl/α,β-unsaturated/α-hetero) is 1. The first-order chi connectivity index (χ1) is 6.22. The summed E-state index contributed by atoms with van der Waals surface area (Å²) >= 11 is 0. The first kappa shape index (κ1) is 8.30. The second-order valence-electron chi connectivity index (χ2n) is 3.40. The Morgan fingerprint density at radius 1 is 1.31 bits per heavy atom. The van der Waals surface area contributed by atoms with Crippen LogP contribution in [0.1, 0.15) is 27.9 Å². The molecule has 0 bridgehead atoms. The van der Waals surface area contributed by atoms with Crippen LogP contribution in [-0.2, 0) is 6.42 Å². The summed E-state index contributed by atoms with van der Waals surface area (Å²) in [4.78, 5) is 11.4. The predicted octanol–water partition coefficient (Wildman–Crippen LogP) is 2.13. The Hall–Kier alpha value is -1.31. The number of fused-ring (bicyclic) bond motifs is 1. The van der Waals surface area contributed by atoms with Crippen molar-refractivity contribution in [1.82, 2.24) is 0 Å². The molecule has 0 spiro atoms. The van der Waals surface area contributed by atoms with Gasteiger partial charge in [-0.3, -0.25) is 4.79 Å². The molecule has 2 rings (SSSR count). The maximum absolute atomic E-state index is 11.4. The molecule has 2 heteroatoms. The largest absolute Gasteiger partial charge is 0.497 e. The zero-order valence-corrected chi connectivity index (χ0v) is 7.89. The summed E-state index contributed by atoms with van der Waals surface area (Å²) in [5.41, 5.74) is 3.10. The summed E-state index contributed by atoms with van der Waals surface area (Å²) in [7, 11) is 1.65. The first-order valence-corrected chi connectivity index (χ1v) is 4.43. The number of rotatable bonds is 1. The Labute approximate surface area is 77.5 Å². The van der Waals surface area contributed by atoms with E-state index in [2.05, 4.69) is 0 Å². The van der Waals surface area contributed by atoms with Crippen LogP contribution in [0.5, 0.6) is 5.75 Å². The van der Waals surface area contributed by atoms with Gasteiger partial charge in [0.2, 0.25) is 0 Å². The first-order valence-electron chi connectivity index (χ1n) is 4.43. The Morgan fingerprint density at radius 2 is 2.08 bits per heavy atom. The Bertz CT molecular complexity index is 367. The van der Waals surface area contributed by atoms with Gasteiger partial charge >= 0.3 is 0 Å². The predicted molar refractivity (Wildman–Crippen MR) is 50.4 cm³/mol. The quantitative estimate of drug-likeness (QED) is 0.655. The van der Waals surface area contributed by atoms with Crippen molar-refractivity contribution in [1.29, 1.82) is 0 Å². The van der Waals surface area contributed by atoms with Gasteiger partial charge in [-0.2, -0.15) is 0 Å². The number of hydrogen-bond donors (Lipinski definition) is 0. The maximum atomic E-state index is 11.4. The lowest BCUT2D eigenvalue weighted by Gasteiger charge is -2.06. The van der Waals surface area contributed by atoms with Crippen LogP contribution in [-0.4, -0.2) is 12.9 Å². The van der Waals surface area contributed by atoms with E-state index in [1.54, 1.807) is 7.11 Å². The van der Waals surface area contributed by atoms with E-state index in [0.29, 0.717) is 6.42 Å². The van der Waals surface area contributed by atoms with Gasteiger partial charge in [0.15, 0.2) is 5.78 Å². The molecular weight excluding hydrogens is 164 g/mol. The molecule has 0 atom stereocenters. The number of carbonyl (C=O) groups excluding carboxylic acids is 1. The second kappa shape index (κ2) is 2.87. The summed E-state index contributed by atoms with van der Waals surface area (Å²) in [6.45, 7) is 1.96. The van der Waals surface area contributed by atoms with Gasteiger partial charge in [0, 0.05) is 12.0 Å². The van der Waals surface area contributed by atoms with Gasteiger partial charge < -0.3 is 4.74 Å². The molecule has 1 aromatic rings. The highest BCUT2D eigenvalue weighted by Gasteiger charge is 2.21. The van der Waals surface area contributed by atoms with E-state index in [1.807, 2.05) is 19.1 Å². The zero-order chi connectivity index (χ0) is 9.42. The average molecular weight is 176 g/mol. The molecule has 0 N–H and O–H groups in total. The van der Waals surface area contributed by atoms with Gasteiger partial charge in [-0.1, -0.05) is 0 Å². The molecule has 2 nitrogen and oxygen atoms in total. The van der Waals surface area contributed by atoms with Crippen molar-refractivity contribution in [3.05, 3.63) is 28.8 Å². The molecule has 0 saturated heterocycles. The minimum Gasteiger partial charge on any atom is -0.497 e. The molecule has 1 aromatic carbocycles. The number of ketones is 1. The minimum absolute atomic E-state index is 0.273. The molecule has 1 aliphatic rings. The van der Waals surface area contributed by atoms with Crippen LogP contribution in [0.3, 0.4) is 0 Å². The third kappa shape index (κ3) is 1.22. The topological polar surface area (TPSA) is 26.3 Å². The van der Waals surface area contributed by atoms with Gasteiger partial charge in [0.25, 0.3) is 0 Å². The molecule has 0 saturated carbocycles. The molecular formula is C11H12O2. The van der Waals surface area contributed by atoms with Crippen molar-refractivity contribution in [2.45, 2.75) is 19.8 Å². The van der Waals surface area contributed by atoms with Gasteiger partial charge in [-0.05, 0) is 36.6 Å². The highest BCUT2D eigenvalue weighted by atomic mass is 16.5. The third-order valence-electron chi connectivity index (χ3n) is 2.53. The summed E-state index contributed by atoms with van der Waals surface area (Å²) in [6, 6.07) is 3.88. The van der Waals surface area contributed by atoms with Crippen molar-refractivity contribution in [2.75, 3.05) is 7.11 Å². The van der Waals surface area contributed by atoms with Gasteiger partial charge in [-0.25, -0.2) is 0 Å². The van der Waals surface area contributed by atoms with Crippen LogP contribution in [0.15, 0.2) is 12.1 Å². The monoisotopic (exact) mass is 176 g/mol. The number of hydrogen-bond acceptors (Lipinski definition) is 2. The molecule has 0 unspecified atom stereocenters. The molecule has 0 radical (unpaired) electrons. The molecule has 0 fully saturated rings. The lowest BCUT2D eigenvalue weighted by molar-refractivity contribution is 0.0994. The average Bonchev–Trinajstić information content (AvgIpc) is 2.48. The van der Waals surface area contributed by atoms with Gasteiger partial charge in [0.1, 0.15) is 5.75 Å². The number of carbonyl (C=O) groups is 1. The summed E-state index contributed by atoms with van der Waals surface area (Å²) in [6.07, 6.45) is 1.52. The zero-order valence-electron chi connectivity index (χ0n) is 7.89. The number of ether oxygens (including phenoxy) is 1. The van der Waals surface area contributed by atoms with E-state index >= 15 is 0 Å². The lowest BCUT2D eigenvalue weighted by atomic mass is 10.0. The molecule has 0 aromatic heterocycles. The third-order valence-corrected chi connectivity index (χ3v) is 2.53. The smallest absolute Gasteiger partial charge is 0.163 e. The molecule has 13 heavy (non-hydrogen) atoms. The van der Waals surface area contributed by atoms with Crippen molar-refractivity contribution < 1.29 is 9.53 Å². The number of benzene rings is 1. The fourth-order valence-corrected chi connectivity index (χ4v) is 1.91. The fraction of sp³-hybridized carbons (Fsp3) is 0.364. The fourth-order valence-electron chi connectivity index (χ4n) is 1.91. The van der Waals surface area contributed by atoms with Crippen molar-refractivity contribution in [3.8, 4) is 5.75 Å². The highest BCUT2D eigenvalue weighted by Crippen LogP contribution is 2.29. The maximum Gasteiger partial charge on any atom is 0.163 e. The van der Waals surface area contributed by atoms with Crippen LogP contribution in [0.25, 0.3) is 0 Å². The van der Waals surface area contributed by atoms with Crippen molar-refractivity contribution in [2.24, 2.45) is 0 Å². The van der Waals surface area contributed by atoms with Crippen LogP contribution in [0, 0.1) is 6.92 Å². The highest BCUT2D eigenvalue weighted by molar-refractivity contribution is 6.01. The van der Waals surface area contributed by atoms with E-state index in [4.69, 9.17) is 4.74 Å². The van der Waals surface area contributed by atoms with Crippen LogP contribution >= 0.6 is 0 Å². The van der Waals surface area contributed by atoms with Crippen LogP contribution < -0.4 is 4.74 Å². The molecule has 1 aliphatic carbocycles. The summed E-state index contributed by atoms with van der Waals surface area (Å²) < 4.78 is 5.14. The summed E-state index contributed by atoms with van der Waals surface area (Å²) in [5, 5.41) is 0. The van der Waals surface area contributed by atoms with E-state index in [0.717, 1.165) is 28.9 Å². The van der Waals surface area contributed by atoms with Crippen molar-refractivity contribution >= 4 is 5.78 Å². The Balaban J connectivity index is 2.59. The summed E-state index contributed by atoms with van der Waals surface area (Å²) in [5.74, 6) is 1.13. The Morgan fingerprint density at radius 3 is 2.77 bits per heavy atom. The minimum atomic E-state index is 0.273. The number of aryl methyl sites for hydroxylation is 2. The lowest BCUT2D eigenvalue weighted by Crippen LogP contribution is -1.96. The molecule has 0 heterocycles. The standard InChI is InChI=1S/C11H12O2/c1-7-5-9(13-2)6-8-3-4-10(12)11(7)8/h5-6H,3-4H2,1-2H3. The van der Waals surface area contributed by atoms with E-state index in [1.165, 1.54) is 0 Å².